The zero-order valence-corrected chi connectivity index (χ0v) is 9.86. The third-order valence-corrected chi connectivity index (χ3v) is 3.07. The lowest BCUT2D eigenvalue weighted by Gasteiger charge is -2.27. The van der Waals surface area contributed by atoms with Gasteiger partial charge in [0.2, 0.25) is 5.82 Å². The van der Waals surface area contributed by atoms with Crippen LogP contribution in [0.5, 0.6) is 0 Å². The highest BCUT2D eigenvalue weighted by molar-refractivity contribution is 5.53. The maximum absolute atomic E-state index is 9.46. The largest absolute Gasteiger partial charge is 0.393 e. The van der Waals surface area contributed by atoms with Crippen LogP contribution < -0.4 is 4.90 Å². The molecule has 94 valence electrons. The Morgan fingerprint density at radius 1 is 1.33 bits per heavy atom. The van der Waals surface area contributed by atoms with E-state index in [1.165, 1.54) is 0 Å². The monoisotopic (exact) mass is 246 g/mol. The van der Waals surface area contributed by atoms with E-state index in [-0.39, 0.29) is 6.10 Å². The number of pyridine rings is 1. The molecule has 6 nitrogen and oxygen atoms in total. The first-order valence-corrected chi connectivity index (χ1v) is 6.00. The first kappa shape index (κ1) is 11.2. The second kappa shape index (κ2) is 4.73. The summed E-state index contributed by atoms with van der Waals surface area (Å²) in [5.41, 5.74) is 0.838. The summed E-state index contributed by atoms with van der Waals surface area (Å²) in [6.07, 6.45) is 4.68. The minimum atomic E-state index is -0.207. The van der Waals surface area contributed by atoms with Crippen LogP contribution in [0.25, 0.3) is 11.4 Å². The van der Waals surface area contributed by atoms with Crippen molar-refractivity contribution in [3.8, 4) is 11.4 Å². The molecule has 1 aliphatic heterocycles. The van der Waals surface area contributed by atoms with E-state index in [1.54, 1.807) is 12.4 Å². The smallest absolute Gasteiger partial charge is 0.324 e. The number of hydrogen-bond donors (Lipinski definition) is 1. The number of aromatic nitrogens is 3. The molecule has 0 saturated carbocycles. The number of aliphatic hydroxyl groups is 1. The van der Waals surface area contributed by atoms with Gasteiger partial charge in [0.1, 0.15) is 0 Å². The Kier molecular flexibility index (Phi) is 2.93. The lowest BCUT2D eigenvalue weighted by Crippen LogP contribution is -2.35. The quantitative estimate of drug-likeness (QED) is 0.855. The fourth-order valence-corrected chi connectivity index (χ4v) is 2.01. The van der Waals surface area contributed by atoms with Crippen LogP contribution in [0, 0.1) is 0 Å². The van der Waals surface area contributed by atoms with Crippen LogP contribution in [0.2, 0.25) is 0 Å². The van der Waals surface area contributed by atoms with Crippen molar-refractivity contribution in [1.29, 1.82) is 0 Å². The number of rotatable bonds is 2. The van der Waals surface area contributed by atoms with Crippen molar-refractivity contribution in [3.05, 3.63) is 24.5 Å². The Bertz CT molecular complexity index is 506. The maximum Gasteiger partial charge on any atom is 0.324 e. The van der Waals surface area contributed by atoms with Crippen molar-refractivity contribution in [2.75, 3.05) is 18.0 Å². The van der Waals surface area contributed by atoms with Gasteiger partial charge in [-0.15, -0.1) is 0 Å². The van der Waals surface area contributed by atoms with E-state index in [0.717, 1.165) is 31.5 Å². The van der Waals surface area contributed by atoms with Crippen molar-refractivity contribution in [3.63, 3.8) is 0 Å². The normalized spacial score (nSPS) is 17.1. The summed E-state index contributed by atoms with van der Waals surface area (Å²) in [4.78, 5) is 10.4. The minimum absolute atomic E-state index is 0.207. The van der Waals surface area contributed by atoms with Gasteiger partial charge in [-0.2, -0.15) is 4.98 Å². The Balaban J connectivity index is 1.78. The van der Waals surface area contributed by atoms with Crippen LogP contribution in [0.4, 0.5) is 6.01 Å². The molecule has 0 bridgehead atoms. The second-order valence-electron chi connectivity index (χ2n) is 4.36. The Hall–Kier alpha value is -1.95. The molecule has 0 aromatic carbocycles. The molecule has 0 radical (unpaired) electrons. The highest BCUT2D eigenvalue weighted by Gasteiger charge is 2.21. The van der Waals surface area contributed by atoms with Crippen molar-refractivity contribution in [2.45, 2.75) is 18.9 Å². The summed E-state index contributed by atoms with van der Waals surface area (Å²) in [6, 6.07) is 4.24. The zero-order valence-electron chi connectivity index (χ0n) is 9.86. The third-order valence-electron chi connectivity index (χ3n) is 3.07. The van der Waals surface area contributed by atoms with Crippen LogP contribution in [0.15, 0.2) is 29.0 Å². The molecule has 1 N–H and O–H groups in total. The molecule has 6 heteroatoms. The molecule has 0 amide bonds. The standard InChI is InChI=1S/C12H14N4O2/c17-10-3-6-16(7-4-10)12-14-11(15-18-12)9-2-1-5-13-8-9/h1-2,5,8,10,17H,3-4,6-7H2. The summed E-state index contributed by atoms with van der Waals surface area (Å²) >= 11 is 0. The Morgan fingerprint density at radius 3 is 2.89 bits per heavy atom. The molecule has 0 atom stereocenters. The van der Waals surface area contributed by atoms with Gasteiger partial charge in [0, 0.05) is 31.0 Å². The van der Waals surface area contributed by atoms with E-state index in [4.69, 9.17) is 4.52 Å². The number of piperidine rings is 1. The van der Waals surface area contributed by atoms with Crippen LogP contribution in [-0.4, -0.2) is 39.4 Å². The van der Waals surface area contributed by atoms with Crippen LogP contribution >= 0.6 is 0 Å². The molecular weight excluding hydrogens is 232 g/mol. The van der Waals surface area contributed by atoms with Gasteiger partial charge in [-0.1, -0.05) is 5.16 Å². The SMILES string of the molecule is OC1CCN(c2nc(-c3cccnc3)no2)CC1. The average Bonchev–Trinajstić information content (AvgIpc) is 2.90. The zero-order chi connectivity index (χ0) is 12.4. The van der Waals surface area contributed by atoms with Crippen LogP contribution in [0.1, 0.15) is 12.8 Å². The van der Waals surface area contributed by atoms with Gasteiger partial charge < -0.3 is 14.5 Å². The predicted octanol–water partition coefficient (Wildman–Crippen LogP) is 1.09. The first-order chi connectivity index (χ1) is 8.83. The molecular formula is C12H14N4O2. The van der Waals surface area contributed by atoms with E-state index in [1.807, 2.05) is 17.0 Å². The summed E-state index contributed by atoms with van der Waals surface area (Å²) in [5.74, 6) is 0.546. The molecule has 0 unspecified atom stereocenters. The van der Waals surface area contributed by atoms with E-state index < -0.39 is 0 Å². The summed E-state index contributed by atoms with van der Waals surface area (Å²) < 4.78 is 5.25. The van der Waals surface area contributed by atoms with Crippen LogP contribution in [0.3, 0.4) is 0 Å². The fraction of sp³-hybridized carbons (Fsp3) is 0.417. The summed E-state index contributed by atoms with van der Waals surface area (Å²) in [7, 11) is 0. The lowest BCUT2D eigenvalue weighted by atomic mass is 10.1. The van der Waals surface area contributed by atoms with Gasteiger partial charge in [-0.3, -0.25) is 4.98 Å². The van der Waals surface area contributed by atoms with Gasteiger partial charge >= 0.3 is 6.01 Å². The molecule has 1 saturated heterocycles. The molecule has 2 aromatic rings. The second-order valence-corrected chi connectivity index (χ2v) is 4.36. The Morgan fingerprint density at radius 2 is 2.17 bits per heavy atom. The number of hydrogen-bond acceptors (Lipinski definition) is 6. The van der Waals surface area contributed by atoms with Crippen molar-refractivity contribution in [1.82, 2.24) is 15.1 Å². The van der Waals surface area contributed by atoms with Gasteiger partial charge in [0.15, 0.2) is 0 Å². The van der Waals surface area contributed by atoms with E-state index in [9.17, 15) is 5.11 Å². The topological polar surface area (TPSA) is 75.3 Å². The molecule has 0 spiro atoms. The van der Waals surface area contributed by atoms with Crippen molar-refractivity contribution < 1.29 is 9.63 Å². The van der Waals surface area contributed by atoms with E-state index >= 15 is 0 Å². The lowest BCUT2D eigenvalue weighted by molar-refractivity contribution is 0.143. The summed E-state index contributed by atoms with van der Waals surface area (Å²) in [6.45, 7) is 1.49. The highest BCUT2D eigenvalue weighted by Crippen LogP contribution is 2.21. The summed E-state index contributed by atoms with van der Waals surface area (Å²) in [5, 5.41) is 13.4. The average molecular weight is 246 g/mol. The highest BCUT2D eigenvalue weighted by atomic mass is 16.5. The Labute approximate surface area is 104 Å². The first-order valence-electron chi connectivity index (χ1n) is 6.00. The molecule has 18 heavy (non-hydrogen) atoms. The molecule has 1 aliphatic rings. The van der Waals surface area contributed by atoms with E-state index in [0.29, 0.717) is 11.8 Å². The number of aliphatic hydroxyl groups excluding tert-OH is 1. The maximum atomic E-state index is 9.46. The minimum Gasteiger partial charge on any atom is -0.393 e. The fourth-order valence-electron chi connectivity index (χ4n) is 2.01. The van der Waals surface area contributed by atoms with Crippen molar-refractivity contribution in [2.24, 2.45) is 0 Å². The molecule has 2 aromatic heterocycles. The number of anilines is 1. The molecule has 3 heterocycles. The van der Waals surface area contributed by atoms with Gasteiger partial charge in [-0.05, 0) is 25.0 Å². The van der Waals surface area contributed by atoms with Gasteiger partial charge in [-0.25, -0.2) is 0 Å². The van der Waals surface area contributed by atoms with E-state index in [2.05, 4.69) is 15.1 Å². The third kappa shape index (κ3) is 2.19. The van der Waals surface area contributed by atoms with Crippen molar-refractivity contribution >= 4 is 6.01 Å². The number of nitrogens with zero attached hydrogens (tertiary/aromatic N) is 4. The van der Waals surface area contributed by atoms with Gasteiger partial charge in [0.05, 0.1) is 6.10 Å². The molecule has 1 fully saturated rings. The molecule has 0 aliphatic carbocycles. The van der Waals surface area contributed by atoms with Gasteiger partial charge in [0.25, 0.3) is 0 Å². The molecule has 3 rings (SSSR count). The van der Waals surface area contributed by atoms with Crippen LogP contribution in [-0.2, 0) is 0 Å². The predicted molar refractivity (Wildman–Crippen MR) is 65.0 cm³/mol.